The molecular weight excluding hydrogens is 240 g/mol. The average molecular weight is 268 g/mol. The highest BCUT2D eigenvalue weighted by Crippen LogP contribution is 2.09. The summed E-state index contributed by atoms with van der Waals surface area (Å²) in [6.45, 7) is 6.87. The van der Waals surface area contributed by atoms with Crippen LogP contribution >= 0.6 is 11.3 Å². The van der Waals surface area contributed by atoms with E-state index < -0.39 is 0 Å². The van der Waals surface area contributed by atoms with Crippen LogP contribution in [-0.4, -0.2) is 38.1 Å². The Morgan fingerprint density at radius 1 is 1.17 bits per heavy atom. The van der Waals surface area contributed by atoms with Crippen LogP contribution in [0.4, 0.5) is 0 Å². The van der Waals surface area contributed by atoms with E-state index in [1.807, 2.05) is 11.3 Å². The molecule has 0 unspecified atom stereocenters. The van der Waals surface area contributed by atoms with Gasteiger partial charge in [0.25, 0.3) is 0 Å². The van der Waals surface area contributed by atoms with Crippen molar-refractivity contribution in [3.8, 4) is 0 Å². The van der Waals surface area contributed by atoms with Crippen LogP contribution < -0.4 is 5.32 Å². The maximum Gasteiger partial charge on any atom is 0.0104 e. The van der Waals surface area contributed by atoms with Crippen molar-refractivity contribution in [3.63, 3.8) is 0 Å². The summed E-state index contributed by atoms with van der Waals surface area (Å²) >= 11 is 1.86. The predicted octanol–water partition coefficient (Wildman–Crippen LogP) is 3.39. The van der Waals surface area contributed by atoms with E-state index in [1.165, 1.54) is 43.5 Å². The first-order chi connectivity index (χ1) is 8.83. The van der Waals surface area contributed by atoms with Crippen molar-refractivity contribution in [2.24, 2.45) is 0 Å². The lowest BCUT2D eigenvalue weighted by atomic mass is 10.2. The van der Waals surface area contributed by atoms with Gasteiger partial charge >= 0.3 is 0 Å². The van der Waals surface area contributed by atoms with Gasteiger partial charge in [0, 0.05) is 24.5 Å². The first-order valence-corrected chi connectivity index (χ1v) is 8.12. The van der Waals surface area contributed by atoms with Crippen molar-refractivity contribution < 1.29 is 0 Å². The lowest BCUT2D eigenvalue weighted by Gasteiger charge is -2.16. The third kappa shape index (κ3) is 7.85. The maximum atomic E-state index is 3.53. The Morgan fingerprint density at radius 2 is 2.06 bits per heavy atom. The summed E-state index contributed by atoms with van der Waals surface area (Å²) in [5.41, 5.74) is 0. The van der Waals surface area contributed by atoms with Crippen molar-refractivity contribution in [2.75, 3.05) is 33.2 Å². The molecule has 0 saturated heterocycles. The molecule has 3 heteroatoms. The zero-order valence-corrected chi connectivity index (χ0v) is 12.8. The summed E-state index contributed by atoms with van der Waals surface area (Å²) in [4.78, 5) is 3.91. The monoisotopic (exact) mass is 268 g/mol. The fraction of sp³-hybridized carbons (Fsp3) is 0.733. The number of nitrogens with one attached hydrogen (secondary N) is 1. The van der Waals surface area contributed by atoms with Gasteiger partial charge in [-0.3, -0.25) is 0 Å². The molecule has 0 saturated carbocycles. The molecule has 1 N–H and O–H groups in total. The molecule has 0 aliphatic heterocycles. The molecule has 1 rings (SSSR count). The van der Waals surface area contributed by atoms with Crippen molar-refractivity contribution in [3.05, 3.63) is 22.4 Å². The van der Waals surface area contributed by atoms with Crippen molar-refractivity contribution in [1.29, 1.82) is 0 Å². The molecule has 1 aromatic heterocycles. The molecule has 0 bridgehead atoms. The second kappa shape index (κ2) is 10.5. The first-order valence-electron chi connectivity index (χ1n) is 7.24. The summed E-state index contributed by atoms with van der Waals surface area (Å²) in [5, 5.41) is 5.69. The van der Waals surface area contributed by atoms with E-state index in [9.17, 15) is 0 Å². The largest absolute Gasteiger partial charge is 0.315 e. The zero-order chi connectivity index (χ0) is 13.1. The van der Waals surface area contributed by atoms with E-state index >= 15 is 0 Å². The van der Waals surface area contributed by atoms with Crippen LogP contribution in [0.25, 0.3) is 0 Å². The minimum atomic E-state index is 1.12. The Balaban J connectivity index is 1.89. The Hall–Kier alpha value is -0.380. The molecule has 2 nitrogen and oxygen atoms in total. The van der Waals surface area contributed by atoms with Crippen LogP contribution in [0.5, 0.6) is 0 Å². The Labute approximate surface area is 116 Å². The molecule has 0 aromatic carbocycles. The van der Waals surface area contributed by atoms with Crippen LogP contribution in [0.2, 0.25) is 0 Å². The van der Waals surface area contributed by atoms with E-state index in [1.54, 1.807) is 0 Å². The number of likely N-dealkylation sites (N-methyl/N-ethyl adjacent to an activating group) is 1. The van der Waals surface area contributed by atoms with Gasteiger partial charge in [-0.25, -0.2) is 0 Å². The molecule has 0 aliphatic carbocycles. The van der Waals surface area contributed by atoms with Crippen molar-refractivity contribution >= 4 is 11.3 Å². The summed E-state index contributed by atoms with van der Waals surface area (Å²) in [6, 6.07) is 4.36. The number of unbranched alkanes of at least 4 members (excludes halogenated alkanes) is 3. The average Bonchev–Trinajstić information content (AvgIpc) is 2.88. The Morgan fingerprint density at radius 3 is 2.78 bits per heavy atom. The van der Waals surface area contributed by atoms with Gasteiger partial charge in [-0.1, -0.05) is 32.3 Å². The van der Waals surface area contributed by atoms with Gasteiger partial charge in [0.15, 0.2) is 0 Å². The van der Waals surface area contributed by atoms with E-state index in [0.29, 0.717) is 0 Å². The SMILES string of the molecule is CCCCCCNCCN(C)CCc1cccs1. The highest BCUT2D eigenvalue weighted by Gasteiger charge is 1.99. The number of nitrogens with zero attached hydrogens (tertiary/aromatic N) is 1. The number of hydrogen-bond acceptors (Lipinski definition) is 3. The smallest absolute Gasteiger partial charge is 0.0104 e. The molecule has 18 heavy (non-hydrogen) atoms. The van der Waals surface area contributed by atoms with Gasteiger partial charge in [0.2, 0.25) is 0 Å². The quantitative estimate of drug-likeness (QED) is 0.619. The third-order valence-electron chi connectivity index (χ3n) is 3.20. The molecule has 0 spiro atoms. The van der Waals surface area contributed by atoms with Crippen LogP contribution in [-0.2, 0) is 6.42 Å². The van der Waals surface area contributed by atoms with E-state index in [-0.39, 0.29) is 0 Å². The van der Waals surface area contributed by atoms with Gasteiger partial charge in [-0.05, 0) is 37.9 Å². The molecule has 1 aromatic rings. The van der Waals surface area contributed by atoms with Gasteiger partial charge < -0.3 is 10.2 Å². The zero-order valence-electron chi connectivity index (χ0n) is 12.0. The molecule has 104 valence electrons. The molecular formula is C15H28N2S. The lowest BCUT2D eigenvalue weighted by Crippen LogP contribution is -2.31. The topological polar surface area (TPSA) is 15.3 Å². The number of rotatable bonds is 11. The van der Waals surface area contributed by atoms with Crippen LogP contribution in [0.3, 0.4) is 0 Å². The van der Waals surface area contributed by atoms with Crippen molar-refractivity contribution in [2.45, 2.75) is 39.0 Å². The second-order valence-corrected chi connectivity index (χ2v) is 5.98. The Kier molecular flexibility index (Phi) is 9.17. The van der Waals surface area contributed by atoms with Crippen molar-refractivity contribution in [1.82, 2.24) is 10.2 Å². The Bertz CT molecular complexity index is 272. The molecule has 0 atom stereocenters. The first kappa shape index (κ1) is 15.7. The van der Waals surface area contributed by atoms with Gasteiger partial charge in [-0.15, -0.1) is 11.3 Å². The minimum absolute atomic E-state index is 1.12. The summed E-state index contributed by atoms with van der Waals surface area (Å²) < 4.78 is 0. The molecule has 0 amide bonds. The number of thiophene rings is 1. The highest BCUT2D eigenvalue weighted by atomic mass is 32.1. The van der Waals surface area contributed by atoms with E-state index in [2.05, 4.69) is 41.7 Å². The van der Waals surface area contributed by atoms with E-state index in [4.69, 9.17) is 0 Å². The molecule has 1 heterocycles. The molecule has 0 aliphatic rings. The second-order valence-electron chi connectivity index (χ2n) is 4.94. The molecule has 0 radical (unpaired) electrons. The minimum Gasteiger partial charge on any atom is -0.315 e. The van der Waals surface area contributed by atoms with E-state index in [0.717, 1.165) is 19.6 Å². The summed E-state index contributed by atoms with van der Waals surface area (Å²) in [6.07, 6.45) is 6.59. The van der Waals surface area contributed by atoms with Gasteiger partial charge in [0.05, 0.1) is 0 Å². The van der Waals surface area contributed by atoms with Crippen LogP contribution in [0.15, 0.2) is 17.5 Å². The summed E-state index contributed by atoms with van der Waals surface area (Å²) in [7, 11) is 2.21. The molecule has 0 fully saturated rings. The standard InChI is InChI=1S/C15H28N2S/c1-3-4-5-6-10-16-11-13-17(2)12-9-15-8-7-14-18-15/h7-8,14,16H,3-6,9-13H2,1-2H3. The van der Waals surface area contributed by atoms with Crippen LogP contribution in [0.1, 0.15) is 37.5 Å². The van der Waals surface area contributed by atoms with Gasteiger partial charge in [0.1, 0.15) is 0 Å². The van der Waals surface area contributed by atoms with Crippen LogP contribution in [0, 0.1) is 0 Å². The normalized spacial score (nSPS) is 11.3. The number of hydrogen-bond donors (Lipinski definition) is 1. The predicted molar refractivity (Wildman–Crippen MR) is 82.5 cm³/mol. The maximum absolute atomic E-state index is 3.53. The fourth-order valence-corrected chi connectivity index (χ4v) is 2.64. The fourth-order valence-electron chi connectivity index (χ4n) is 1.94. The highest BCUT2D eigenvalue weighted by molar-refractivity contribution is 7.09. The summed E-state index contributed by atoms with van der Waals surface area (Å²) in [5.74, 6) is 0. The van der Waals surface area contributed by atoms with Gasteiger partial charge in [-0.2, -0.15) is 0 Å². The third-order valence-corrected chi connectivity index (χ3v) is 4.13. The lowest BCUT2D eigenvalue weighted by molar-refractivity contribution is 0.336.